The molecule has 1 atom stereocenters. The summed E-state index contributed by atoms with van der Waals surface area (Å²) in [5, 5.41) is 8.64. The number of nitrogens with one attached hydrogen (secondary N) is 1. The monoisotopic (exact) mass is 548 g/mol. The van der Waals surface area contributed by atoms with E-state index in [0.717, 1.165) is 36.7 Å². The van der Waals surface area contributed by atoms with Crippen LogP contribution in [0.5, 0.6) is 17.2 Å². The number of rotatable bonds is 9. The molecule has 1 unspecified atom stereocenters. The van der Waals surface area contributed by atoms with Gasteiger partial charge in [0.25, 0.3) is 11.7 Å². The Morgan fingerprint density at radius 3 is 2.49 bits per heavy atom. The molecule has 2 aromatic heterocycles. The van der Waals surface area contributed by atoms with Crippen molar-refractivity contribution in [3.63, 3.8) is 0 Å². The SMILES string of the molecule is COc1cc(C(=O)NC2CCCN(c3cc(C)nc4nc(SCc5ccccc5)nn34)C2)cc(OC)c1OC. The lowest BCUT2D eigenvalue weighted by molar-refractivity contribution is 0.0932. The lowest BCUT2D eigenvalue weighted by Crippen LogP contribution is -2.48. The van der Waals surface area contributed by atoms with E-state index in [1.165, 1.54) is 26.9 Å². The quantitative estimate of drug-likeness (QED) is 0.309. The zero-order valence-corrected chi connectivity index (χ0v) is 23.3. The van der Waals surface area contributed by atoms with Crippen LogP contribution >= 0.6 is 11.8 Å². The summed E-state index contributed by atoms with van der Waals surface area (Å²) < 4.78 is 18.0. The predicted molar refractivity (Wildman–Crippen MR) is 150 cm³/mol. The van der Waals surface area contributed by atoms with E-state index < -0.39 is 0 Å². The van der Waals surface area contributed by atoms with Crippen LogP contribution in [0.2, 0.25) is 0 Å². The van der Waals surface area contributed by atoms with Crippen LogP contribution in [-0.2, 0) is 5.75 Å². The van der Waals surface area contributed by atoms with Crippen LogP contribution in [0.25, 0.3) is 5.78 Å². The van der Waals surface area contributed by atoms with E-state index in [4.69, 9.17) is 19.3 Å². The van der Waals surface area contributed by atoms with Crippen molar-refractivity contribution in [1.82, 2.24) is 24.9 Å². The van der Waals surface area contributed by atoms with Crippen LogP contribution in [0.15, 0.2) is 53.7 Å². The molecule has 2 aromatic carbocycles. The molecular formula is C28H32N6O4S. The van der Waals surface area contributed by atoms with Crippen molar-refractivity contribution in [3.05, 3.63) is 65.4 Å². The molecule has 10 nitrogen and oxygen atoms in total. The van der Waals surface area contributed by atoms with E-state index in [-0.39, 0.29) is 11.9 Å². The number of thioether (sulfide) groups is 1. The molecule has 1 fully saturated rings. The average molecular weight is 549 g/mol. The smallest absolute Gasteiger partial charge is 0.255 e. The number of benzene rings is 2. The normalized spacial score (nSPS) is 15.3. The van der Waals surface area contributed by atoms with Crippen molar-refractivity contribution in [1.29, 1.82) is 0 Å². The summed E-state index contributed by atoms with van der Waals surface area (Å²) in [4.78, 5) is 24.7. The summed E-state index contributed by atoms with van der Waals surface area (Å²) in [5.74, 6) is 3.41. The Balaban J connectivity index is 1.33. The van der Waals surface area contributed by atoms with Gasteiger partial charge in [0.2, 0.25) is 10.9 Å². The lowest BCUT2D eigenvalue weighted by atomic mass is 10.0. The molecule has 39 heavy (non-hydrogen) atoms. The molecule has 0 saturated carbocycles. The maximum Gasteiger partial charge on any atom is 0.255 e. The lowest BCUT2D eigenvalue weighted by Gasteiger charge is -2.34. The van der Waals surface area contributed by atoms with Gasteiger partial charge in [0.1, 0.15) is 5.82 Å². The molecule has 1 saturated heterocycles. The molecule has 4 aromatic rings. The Morgan fingerprint density at radius 2 is 1.79 bits per heavy atom. The van der Waals surface area contributed by atoms with E-state index in [1.54, 1.807) is 23.9 Å². The third-order valence-electron chi connectivity index (χ3n) is 6.62. The maximum absolute atomic E-state index is 13.2. The largest absolute Gasteiger partial charge is 0.493 e. The van der Waals surface area contributed by atoms with Gasteiger partial charge < -0.3 is 24.4 Å². The minimum Gasteiger partial charge on any atom is -0.493 e. The van der Waals surface area contributed by atoms with Gasteiger partial charge in [-0.15, -0.1) is 5.10 Å². The molecule has 11 heteroatoms. The van der Waals surface area contributed by atoms with Gasteiger partial charge in [-0.2, -0.15) is 9.50 Å². The van der Waals surface area contributed by atoms with Crippen LogP contribution in [-0.4, -0.2) is 65.9 Å². The first-order chi connectivity index (χ1) is 19.0. The Labute approximate surface area is 231 Å². The van der Waals surface area contributed by atoms with Gasteiger partial charge in [-0.3, -0.25) is 4.79 Å². The number of carbonyl (C=O) groups excluding carboxylic acids is 1. The van der Waals surface area contributed by atoms with Gasteiger partial charge >= 0.3 is 0 Å². The summed E-state index contributed by atoms with van der Waals surface area (Å²) in [6.45, 7) is 3.45. The standard InChI is InChI=1S/C28H32N6O4S/c1-18-13-24(34-27(29-18)31-28(32-34)39-17-19-9-6-5-7-10-19)33-12-8-11-21(16-33)30-26(35)20-14-22(36-2)25(38-4)23(15-20)37-3/h5-7,9-10,13-15,21H,8,11-12,16-17H2,1-4H3,(H,30,35). The van der Waals surface area contributed by atoms with Gasteiger partial charge in [0.15, 0.2) is 11.5 Å². The number of ether oxygens (including phenoxy) is 3. The highest BCUT2D eigenvalue weighted by Gasteiger charge is 2.26. The zero-order chi connectivity index (χ0) is 27.4. The molecule has 0 aliphatic carbocycles. The van der Waals surface area contributed by atoms with Crippen LogP contribution in [0.4, 0.5) is 5.82 Å². The number of methoxy groups -OCH3 is 3. The molecule has 1 aliphatic heterocycles. The van der Waals surface area contributed by atoms with Crippen molar-refractivity contribution < 1.29 is 19.0 Å². The first-order valence-corrected chi connectivity index (χ1v) is 13.7. The van der Waals surface area contributed by atoms with E-state index in [9.17, 15) is 4.79 Å². The number of nitrogens with zero attached hydrogens (tertiary/aromatic N) is 5. The Morgan fingerprint density at radius 1 is 1.05 bits per heavy atom. The van der Waals surface area contributed by atoms with Gasteiger partial charge in [0, 0.05) is 42.2 Å². The van der Waals surface area contributed by atoms with Gasteiger partial charge in [0.05, 0.1) is 21.3 Å². The van der Waals surface area contributed by atoms with Gasteiger partial charge in [-0.25, -0.2) is 4.98 Å². The van der Waals surface area contributed by atoms with Crippen LogP contribution < -0.4 is 24.4 Å². The van der Waals surface area contributed by atoms with Crippen molar-refractivity contribution >= 4 is 29.3 Å². The van der Waals surface area contributed by atoms with Gasteiger partial charge in [-0.05, 0) is 37.5 Å². The third kappa shape index (κ3) is 5.88. The van der Waals surface area contributed by atoms with Crippen LogP contribution in [0.1, 0.15) is 34.5 Å². The molecular weight excluding hydrogens is 516 g/mol. The number of hydrogen-bond acceptors (Lipinski definition) is 9. The second-order valence-electron chi connectivity index (χ2n) is 9.31. The van der Waals surface area contributed by atoms with Crippen molar-refractivity contribution in [2.45, 2.75) is 36.7 Å². The fourth-order valence-corrected chi connectivity index (χ4v) is 5.52. The fourth-order valence-electron chi connectivity index (χ4n) is 4.74. The molecule has 0 spiro atoms. The minimum atomic E-state index is -0.197. The van der Waals surface area contributed by atoms with Crippen LogP contribution in [0.3, 0.4) is 0 Å². The fraction of sp³-hybridized carbons (Fsp3) is 0.357. The number of piperidine rings is 1. The zero-order valence-electron chi connectivity index (χ0n) is 22.5. The van der Waals surface area contributed by atoms with Crippen molar-refractivity contribution in [2.75, 3.05) is 39.3 Å². The number of hydrogen-bond donors (Lipinski definition) is 1. The minimum absolute atomic E-state index is 0.0516. The van der Waals surface area contributed by atoms with E-state index in [0.29, 0.717) is 40.3 Å². The second kappa shape index (κ2) is 11.8. The highest BCUT2D eigenvalue weighted by atomic mass is 32.2. The molecule has 1 amide bonds. The molecule has 3 heterocycles. The first kappa shape index (κ1) is 26.6. The number of aromatic nitrogens is 4. The molecule has 0 radical (unpaired) electrons. The summed E-state index contributed by atoms with van der Waals surface area (Å²) >= 11 is 1.59. The van der Waals surface area contributed by atoms with E-state index in [1.807, 2.05) is 35.7 Å². The first-order valence-electron chi connectivity index (χ1n) is 12.8. The third-order valence-corrected chi connectivity index (χ3v) is 7.53. The molecule has 5 rings (SSSR count). The molecule has 0 bridgehead atoms. The number of carbonyl (C=O) groups is 1. The predicted octanol–water partition coefficient (Wildman–Crippen LogP) is 4.15. The maximum atomic E-state index is 13.2. The second-order valence-corrected chi connectivity index (χ2v) is 10.3. The summed E-state index contributed by atoms with van der Waals surface area (Å²) in [5.41, 5.74) is 2.53. The number of aryl methyl sites for hydroxylation is 1. The summed E-state index contributed by atoms with van der Waals surface area (Å²) in [7, 11) is 4.60. The topological polar surface area (TPSA) is 103 Å². The van der Waals surface area contributed by atoms with Crippen LogP contribution in [0, 0.1) is 6.92 Å². The highest BCUT2D eigenvalue weighted by Crippen LogP contribution is 2.38. The Hall–Kier alpha value is -3.99. The number of amides is 1. The average Bonchev–Trinajstić information content (AvgIpc) is 3.38. The van der Waals surface area contributed by atoms with Crippen molar-refractivity contribution in [3.8, 4) is 17.2 Å². The number of fused-ring (bicyclic) bond motifs is 1. The highest BCUT2D eigenvalue weighted by molar-refractivity contribution is 7.98. The van der Waals surface area contributed by atoms with E-state index >= 15 is 0 Å². The van der Waals surface area contributed by atoms with Gasteiger partial charge in [-0.1, -0.05) is 42.1 Å². The molecule has 1 aliphatic rings. The van der Waals surface area contributed by atoms with Crippen molar-refractivity contribution in [2.24, 2.45) is 0 Å². The summed E-state index contributed by atoms with van der Waals surface area (Å²) in [6.07, 6.45) is 1.79. The number of anilines is 1. The Bertz CT molecular complexity index is 1440. The summed E-state index contributed by atoms with van der Waals surface area (Å²) in [6, 6.07) is 15.6. The Kier molecular flexibility index (Phi) is 8.06. The molecule has 204 valence electrons. The van der Waals surface area contributed by atoms with E-state index in [2.05, 4.69) is 32.3 Å². The molecule has 1 N–H and O–H groups in total.